The Hall–Kier alpha value is -1.94. The molecule has 0 atom stereocenters. The number of anilines is 1. The van der Waals surface area contributed by atoms with Crippen LogP contribution in [0.2, 0.25) is 0 Å². The van der Waals surface area contributed by atoms with Gasteiger partial charge in [0.1, 0.15) is 0 Å². The van der Waals surface area contributed by atoms with Crippen LogP contribution in [0.5, 0.6) is 0 Å². The van der Waals surface area contributed by atoms with Crippen molar-refractivity contribution in [2.24, 2.45) is 0 Å². The molecule has 4 heteroatoms. The number of hydrogen-bond acceptors (Lipinski definition) is 3. The SMILES string of the molecule is O=C(CSCCCc1ccccc1)N1CCN(c2ccccc2)CC1. The van der Waals surface area contributed by atoms with Crippen molar-refractivity contribution in [2.45, 2.75) is 12.8 Å². The maximum Gasteiger partial charge on any atom is 0.232 e. The first-order valence-corrected chi connectivity index (χ1v) is 10.2. The summed E-state index contributed by atoms with van der Waals surface area (Å²) in [6, 6.07) is 21.0. The van der Waals surface area contributed by atoms with Gasteiger partial charge in [-0.05, 0) is 36.3 Å². The first kappa shape index (κ1) is 17.9. The Labute approximate surface area is 155 Å². The van der Waals surface area contributed by atoms with Gasteiger partial charge in [-0.25, -0.2) is 0 Å². The number of carbonyl (C=O) groups excluding carboxylic acids is 1. The molecule has 0 aromatic heterocycles. The van der Waals surface area contributed by atoms with Crippen molar-refractivity contribution < 1.29 is 4.79 Å². The summed E-state index contributed by atoms with van der Waals surface area (Å²) in [5.74, 6) is 1.95. The predicted molar refractivity (Wildman–Crippen MR) is 107 cm³/mol. The number of thioether (sulfide) groups is 1. The van der Waals surface area contributed by atoms with Crippen LogP contribution in [0.3, 0.4) is 0 Å². The molecule has 25 heavy (non-hydrogen) atoms. The Morgan fingerprint density at radius 2 is 1.52 bits per heavy atom. The van der Waals surface area contributed by atoms with Crippen LogP contribution in [0.4, 0.5) is 5.69 Å². The number of aryl methyl sites for hydroxylation is 1. The molecule has 1 aliphatic heterocycles. The van der Waals surface area contributed by atoms with Crippen molar-refractivity contribution in [1.82, 2.24) is 4.90 Å². The molecular formula is C21H26N2OS. The summed E-state index contributed by atoms with van der Waals surface area (Å²) in [5, 5.41) is 0. The van der Waals surface area contributed by atoms with E-state index in [-0.39, 0.29) is 5.91 Å². The molecule has 0 spiro atoms. The molecular weight excluding hydrogens is 328 g/mol. The van der Waals surface area contributed by atoms with Crippen LogP contribution in [0.1, 0.15) is 12.0 Å². The molecule has 1 fully saturated rings. The Morgan fingerprint density at radius 3 is 2.20 bits per heavy atom. The van der Waals surface area contributed by atoms with Gasteiger partial charge < -0.3 is 9.80 Å². The maximum absolute atomic E-state index is 12.4. The van der Waals surface area contributed by atoms with Gasteiger partial charge in [0.2, 0.25) is 5.91 Å². The van der Waals surface area contributed by atoms with E-state index in [1.54, 1.807) is 11.8 Å². The summed E-state index contributed by atoms with van der Waals surface area (Å²) >= 11 is 1.77. The van der Waals surface area contributed by atoms with Gasteiger partial charge in [-0.15, -0.1) is 0 Å². The van der Waals surface area contributed by atoms with E-state index >= 15 is 0 Å². The molecule has 0 aliphatic carbocycles. The Balaban J connectivity index is 1.31. The van der Waals surface area contributed by atoms with E-state index < -0.39 is 0 Å². The van der Waals surface area contributed by atoms with Crippen LogP contribution in [-0.2, 0) is 11.2 Å². The summed E-state index contributed by atoms with van der Waals surface area (Å²) in [5.41, 5.74) is 2.64. The molecule has 2 aromatic carbocycles. The van der Waals surface area contributed by atoms with Crippen LogP contribution < -0.4 is 4.90 Å². The zero-order valence-corrected chi connectivity index (χ0v) is 15.5. The van der Waals surface area contributed by atoms with Gasteiger partial charge in [0.05, 0.1) is 5.75 Å². The minimum absolute atomic E-state index is 0.289. The zero-order chi connectivity index (χ0) is 17.3. The number of amides is 1. The molecule has 0 radical (unpaired) electrons. The second kappa shape index (κ2) is 9.52. The van der Waals surface area contributed by atoms with Gasteiger partial charge >= 0.3 is 0 Å². The van der Waals surface area contributed by atoms with Crippen molar-refractivity contribution in [1.29, 1.82) is 0 Å². The highest BCUT2D eigenvalue weighted by atomic mass is 32.2. The summed E-state index contributed by atoms with van der Waals surface area (Å²) in [6.07, 6.45) is 2.22. The lowest BCUT2D eigenvalue weighted by molar-refractivity contribution is -0.128. The topological polar surface area (TPSA) is 23.6 Å². The molecule has 1 aliphatic rings. The number of rotatable bonds is 7. The molecule has 0 N–H and O–H groups in total. The zero-order valence-electron chi connectivity index (χ0n) is 14.6. The fourth-order valence-corrected chi connectivity index (χ4v) is 3.98. The molecule has 3 nitrogen and oxygen atoms in total. The summed E-state index contributed by atoms with van der Waals surface area (Å²) in [4.78, 5) is 16.7. The molecule has 1 amide bonds. The van der Waals surface area contributed by atoms with E-state index in [1.807, 2.05) is 11.0 Å². The Kier molecular flexibility index (Phi) is 6.80. The minimum atomic E-state index is 0.289. The van der Waals surface area contributed by atoms with Crippen molar-refractivity contribution >= 4 is 23.4 Å². The number of benzene rings is 2. The molecule has 0 unspecified atom stereocenters. The molecule has 132 valence electrons. The molecule has 2 aromatic rings. The highest BCUT2D eigenvalue weighted by Gasteiger charge is 2.20. The van der Waals surface area contributed by atoms with Gasteiger partial charge in [0.25, 0.3) is 0 Å². The Morgan fingerprint density at radius 1 is 0.880 bits per heavy atom. The number of para-hydroxylation sites is 1. The highest BCUT2D eigenvalue weighted by molar-refractivity contribution is 7.99. The van der Waals surface area contributed by atoms with Crippen molar-refractivity contribution in [2.75, 3.05) is 42.6 Å². The summed E-state index contributed by atoms with van der Waals surface area (Å²) in [6.45, 7) is 3.51. The third-order valence-electron chi connectivity index (χ3n) is 4.58. The van der Waals surface area contributed by atoms with Crippen LogP contribution in [0.15, 0.2) is 60.7 Å². The van der Waals surface area contributed by atoms with Gasteiger partial charge in [-0.3, -0.25) is 4.79 Å². The van der Waals surface area contributed by atoms with E-state index in [0.717, 1.165) is 44.8 Å². The second-order valence-electron chi connectivity index (χ2n) is 6.35. The van der Waals surface area contributed by atoms with Gasteiger partial charge in [-0.1, -0.05) is 48.5 Å². The van der Waals surface area contributed by atoms with Crippen molar-refractivity contribution in [3.63, 3.8) is 0 Å². The minimum Gasteiger partial charge on any atom is -0.368 e. The number of piperazine rings is 1. The monoisotopic (exact) mass is 354 g/mol. The standard InChI is InChI=1S/C21H26N2OS/c24-21(18-25-17-7-10-19-8-3-1-4-9-19)23-15-13-22(14-16-23)20-11-5-2-6-12-20/h1-6,8-9,11-12H,7,10,13-18H2. The van der Waals surface area contributed by atoms with Crippen molar-refractivity contribution in [3.05, 3.63) is 66.2 Å². The average Bonchev–Trinajstić information content (AvgIpc) is 2.69. The summed E-state index contributed by atoms with van der Waals surface area (Å²) < 4.78 is 0. The van der Waals surface area contributed by atoms with E-state index in [1.165, 1.54) is 11.3 Å². The lowest BCUT2D eigenvalue weighted by atomic mass is 10.1. The smallest absolute Gasteiger partial charge is 0.232 e. The largest absolute Gasteiger partial charge is 0.368 e. The van der Waals surface area contributed by atoms with Crippen molar-refractivity contribution in [3.8, 4) is 0 Å². The maximum atomic E-state index is 12.4. The van der Waals surface area contributed by atoms with E-state index in [2.05, 4.69) is 59.5 Å². The normalized spacial score (nSPS) is 14.6. The fraction of sp³-hybridized carbons (Fsp3) is 0.381. The van der Waals surface area contributed by atoms with Crippen LogP contribution >= 0.6 is 11.8 Å². The second-order valence-corrected chi connectivity index (χ2v) is 7.45. The molecule has 0 bridgehead atoms. The average molecular weight is 355 g/mol. The predicted octanol–water partition coefficient (Wildman–Crippen LogP) is 3.70. The first-order chi connectivity index (χ1) is 12.3. The van der Waals surface area contributed by atoms with Gasteiger partial charge in [0, 0.05) is 31.9 Å². The fourth-order valence-electron chi connectivity index (χ4n) is 3.13. The highest BCUT2D eigenvalue weighted by Crippen LogP contribution is 2.16. The molecule has 1 saturated heterocycles. The molecule has 1 heterocycles. The third kappa shape index (κ3) is 5.53. The third-order valence-corrected chi connectivity index (χ3v) is 5.60. The Bertz CT molecular complexity index is 639. The van der Waals surface area contributed by atoms with E-state index in [4.69, 9.17) is 0 Å². The van der Waals surface area contributed by atoms with Gasteiger partial charge in [0.15, 0.2) is 0 Å². The number of carbonyl (C=O) groups is 1. The molecule has 3 rings (SSSR count). The van der Waals surface area contributed by atoms with Crippen LogP contribution in [0.25, 0.3) is 0 Å². The lowest BCUT2D eigenvalue weighted by Gasteiger charge is -2.36. The number of hydrogen-bond donors (Lipinski definition) is 0. The van der Waals surface area contributed by atoms with Crippen LogP contribution in [0, 0.1) is 0 Å². The first-order valence-electron chi connectivity index (χ1n) is 9.02. The quantitative estimate of drug-likeness (QED) is 0.708. The summed E-state index contributed by atoms with van der Waals surface area (Å²) in [7, 11) is 0. The van der Waals surface area contributed by atoms with E-state index in [9.17, 15) is 4.79 Å². The van der Waals surface area contributed by atoms with Crippen LogP contribution in [-0.4, -0.2) is 48.5 Å². The van der Waals surface area contributed by atoms with E-state index in [0.29, 0.717) is 5.75 Å². The molecule has 0 saturated carbocycles. The lowest BCUT2D eigenvalue weighted by Crippen LogP contribution is -2.49. The van der Waals surface area contributed by atoms with Gasteiger partial charge in [-0.2, -0.15) is 11.8 Å². The number of nitrogens with zero attached hydrogens (tertiary/aromatic N) is 2.